The molecule has 3 unspecified atom stereocenters. The molecule has 1 nitrogen and oxygen atoms in total. The van der Waals surface area contributed by atoms with E-state index < -0.39 is 0 Å². The van der Waals surface area contributed by atoms with Crippen molar-refractivity contribution in [3.63, 3.8) is 0 Å². The van der Waals surface area contributed by atoms with E-state index in [-0.39, 0.29) is 0 Å². The van der Waals surface area contributed by atoms with Gasteiger partial charge in [0, 0.05) is 0 Å². The highest BCUT2D eigenvalue weighted by atomic mass is 14.5. The van der Waals surface area contributed by atoms with Crippen LogP contribution in [0.2, 0.25) is 0 Å². The zero-order valence-electron chi connectivity index (χ0n) is 7.71. The number of fused-ring (bicyclic) bond motifs is 2. The zero-order chi connectivity index (χ0) is 8.39. The monoisotopic (exact) mass is 165 g/mol. The molecule has 0 aliphatic heterocycles. The van der Waals surface area contributed by atoms with Crippen molar-refractivity contribution in [2.45, 2.75) is 32.1 Å². The van der Waals surface area contributed by atoms with Gasteiger partial charge in [-0.2, -0.15) is 0 Å². The molecule has 2 rings (SSSR count). The molecular formula is C11H19N. The molecule has 1 heteroatoms. The van der Waals surface area contributed by atoms with Crippen molar-refractivity contribution in [2.75, 3.05) is 6.54 Å². The SMILES string of the molecule is NCCCCC1CC2C=CC1C2. The van der Waals surface area contributed by atoms with Gasteiger partial charge in [-0.25, -0.2) is 0 Å². The van der Waals surface area contributed by atoms with Crippen LogP contribution in [0, 0.1) is 17.8 Å². The summed E-state index contributed by atoms with van der Waals surface area (Å²) < 4.78 is 0. The standard InChI is InChI=1S/C11H19N/c12-6-2-1-3-10-7-9-4-5-11(10)8-9/h4-5,9-11H,1-3,6-8,12H2. The quantitative estimate of drug-likeness (QED) is 0.502. The van der Waals surface area contributed by atoms with Crippen molar-refractivity contribution < 1.29 is 0 Å². The van der Waals surface area contributed by atoms with Gasteiger partial charge in [0.2, 0.25) is 0 Å². The number of allylic oxidation sites excluding steroid dienone is 2. The van der Waals surface area contributed by atoms with E-state index in [0.717, 1.165) is 24.3 Å². The largest absolute Gasteiger partial charge is 0.330 e. The molecule has 2 bridgehead atoms. The number of rotatable bonds is 4. The van der Waals surface area contributed by atoms with E-state index >= 15 is 0 Å². The lowest BCUT2D eigenvalue weighted by Gasteiger charge is -2.17. The molecule has 3 atom stereocenters. The molecule has 0 aromatic rings. The van der Waals surface area contributed by atoms with Crippen LogP contribution in [0.1, 0.15) is 32.1 Å². The fraction of sp³-hybridized carbons (Fsp3) is 0.818. The molecule has 68 valence electrons. The summed E-state index contributed by atoms with van der Waals surface area (Å²) in [6, 6.07) is 0. The Hall–Kier alpha value is -0.300. The van der Waals surface area contributed by atoms with Crippen LogP contribution in [0.3, 0.4) is 0 Å². The number of nitrogens with two attached hydrogens (primary N) is 1. The Morgan fingerprint density at radius 2 is 2.08 bits per heavy atom. The van der Waals surface area contributed by atoms with Crippen LogP contribution in [0.5, 0.6) is 0 Å². The minimum absolute atomic E-state index is 0.872. The summed E-state index contributed by atoms with van der Waals surface area (Å²) >= 11 is 0. The number of hydrogen-bond acceptors (Lipinski definition) is 1. The van der Waals surface area contributed by atoms with Crippen LogP contribution >= 0.6 is 0 Å². The topological polar surface area (TPSA) is 26.0 Å². The highest BCUT2D eigenvalue weighted by molar-refractivity contribution is 5.09. The highest BCUT2D eigenvalue weighted by Crippen LogP contribution is 2.45. The molecule has 1 saturated carbocycles. The molecule has 0 radical (unpaired) electrons. The van der Waals surface area contributed by atoms with Crippen LogP contribution in [0.25, 0.3) is 0 Å². The average Bonchev–Trinajstić information content (AvgIpc) is 2.65. The molecule has 12 heavy (non-hydrogen) atoms. The molecule has 2 aliphatic carbocycles. The summed E-state index contributed by atoms with van der Waals surface area (Å²) in [6.45, 7) is 0.872. The van der Waals surface area contributed by atoms with Gasteiger partial charge in [0.05, 0.1) is 0 Å². The maximum Gasteiger partial charge on any atom is -0.00773 e. The van der Waals surface area contributed by atoms with Crippen LogP contribution in [-0.4, -0.2) is 6.54 Å². The second kappa shape index (κ2) is 3.61. The predicted molar refractivity (Wildman–Crippen MR) is 51.7 cm³/mol. The first-order valence-electron chi connectivity index (χ1n) is 5.28. The molecule has 2 aliphatic rings. The minimum Gasteiger partial charge on any atom is -0.330 e. The first-order valence-corrected chi connectivity index (χ1v) is 5.28. The lowest BCUT2D eigenvalue weighted by Crippen LogP contribution is -2.07. The Balaban J connectivity index is 1.73. The molecule has 2 N–H and O–H groups in total. The molecule has 0 heterocycles. The third kappa shape index (κ3) is 1.56. The van der Waals surface area contributed by atoms with Crippen molar-refractivity contribution in [3.8, 4) is 0 Å². The second-order valence-corrected chi connectivity index (χ2v) is 4.32. The number of hydrogen-bond donors (Lipinski definition) is 1. The van der Waals surface area contributed by atoms with Gasteiger partial charge < -0.3 is 5.73 Å². The van der Waals surface area contributed by atoms with E-state index in [9.17, 15) is 0 Å². The van der Waals surface area contributed by atoms with Gasteiger partial charge in [-0.05, 0) is 50.0 Å². The molecule has 0 amide bonds. The van der Waals surface area contributed by atoms with Crippen molar-refractivity contribution in [1.82, 2.24) is 0 Å². The lowest BCUT2D eigenvalue weighted by atomic mass is 9.89. The predicted octanol–water partition coefficient (Wildman–Crippen LogP) is 2.33. The van der Waals surface area contributed by atoms with Gasteiger partial charge in [-0.3, -0.25) is 0 Å². The van der Waals surface area contributed by atoms with Crippen molar-refractivity contribution in [2.24, 2.45) is 23.5 Å². The van der Waals surface area contributed by atoms with Gasteiger partial charge in [0.15, 0.2) is 0 Å². The fourth-order valence-corrected chi connectivity index (χ4v) is 2.78. The maximum absolute atomic E-state index is 5.48. The molecule has 0 saturated heterocycles. The summed E-state index contributed by atoms with van der Waals surface area (Å²) in [6.07, 6.45) is 11.8. The van der Waals surface area contributed by atoms with E-state index in [1.54, 1.807) is 0 Å². The third-order valence-electron chi connectivity index (χ3n) is 3.45. The Morgan fingerprint density at radius 1 is 1.17 bits per heavy atom. The van der Waals surface area contributed by atoms with Gasteiger partial charge in [0.1, 0.15) is 0 Å². The lowest BCUT2D eigenvalue weighted by molar-refractivity contribution is 0.400. The first-order chi connectivity index (χ1) is 5.90. The summed E-state index contributed by atoms with van der Waals surface area (Å²) in [4.78, 5) is 0. The fourth-order valence-electron chi connectivity index (χ4n) is 2.78. The number of unbranched alkanes of at least 4 members (excludes halogenated alkanes) is 1. The summed E-state index contributed by atoms with van der Waals surface area (Å²) in [5.41, 5.74) is 5.48. The summed E-state index contributed by atoms with van der Waals surface area (Å²) in [5, 5.41) is 0. The summed E-state index contributed by atoms with van der Waals surface area (Å²) in [5.74, 6) is 2.89. The smallest absolute Gasteiger partial charge is 0.00773 e. The van der Waals surface area contributed by atoms with Gasteiger partial charge in [0.25, 0.3) is 0 Å². The van der Waals surface area contributed by atoms with Crippen molar-refractivity contribution in [1.29, 1.82) is 0 Å². The van der Waals surface area contributed by atoms with Crippen LogP contribution in [0.15, 0.2) is 12.2 Å². The van der Waals surface area contributed by atoms with E-state index in [1.807, 2.05) is 0 Å². The normalized spacial score (nSPS) is 37.9. The Bertz CT molecular complexity index is 174. The molecule has 0 aromatic carbocycles. The van der Waals surface area contributed by atoms with Crippen LogP contribution < -0.4 is 5.73 Å². The second-order valence-electron chi connectivity index (χ2n) is 4.32. The highest BCUT2D eigenvalue weighted by Gasteiger charge is 2.34. The molecule has 0 aromatic heterocycles. The van der Waals surface area contributed by atoms with E-state index in [1.165, 1.54) is 32.1 Å². The van der Waals surface area contributed by atoms with Crippen LogP contribution in [0.4, 0.5) is 0 Å². The van der Waals surface area contributed by atoms with Crippen molar-refractivity contribution in [3.05, 3.63) is 12.2 Å². The molecule has 0 spiro atoms. The van der Waals surface area contributed by atoms with E-state index in [2.05, 4.69) is 12.2 Å². The molecule has 1 fully saturated rings. The Morgan fingerprint density at radius 3 is 2.67 bits per heavy atom. The Labute approximate surface area is 75.0 Å². The van der Waals surface area contributed by atoms with Gasteiger partial charge in [-0.15, -0.1) is 0 Å². The van der Waals surface area contributed by atoms with Gasteiger partial charge in [-0.1, -0.05) is 18.6 Å². The molecular weight excluding hydrogens is 146 g/mol. The maximum atomic E-state index is 5.48. The van der Waals surface area contributed by atoms with Crippen LogP contribution in [-0.2, 0) is 0 Å². The average molecular weight is 165 g/mol. The van der Waals surface area contributed by atoms with Gasteiger partial charge >= 0.3 is 0 Å². The van der Waals surface area contributed by atoms with E-state index in [0.29, 0.717) is 0 Å². The third-order valence-corrected chi connectivity index (χ3v) is 3.45. The summed E-state index contributed by atoms with van der Waals surface area (Å²) in [7, 11) is 0. The minimum atomic E-state index is 0.872. The zero-order valence-corrected chi connectivity index (χ0v) is 7.71. The first kappa shape index (κ1) is 8.31. The Kier molecular flexibility index (Phi) is 2.50. The van der Waals surface area contributed by atoms with E-state index in [4.69, 9.17) is 5.73 Å². The van der Waals surface area contributed by atoms with Crippen molar-refractivity contribution >= 4 is 0 Å².